The van der Waals surface area contributed by atoms with Crippen LogP contribution in [0.1, 0.15) is 17.3 Å². The Morgan fingerprint density at radius 3 is 2.83 bits per heavy atom. The molecule has 4 nitrogen and oxygen atoms in total. The lowest BCUT2D eigenvalue weighted by Gasteiger charge is -2.06. The van der Waals surface area contributed by atoms with Gasteiger partial charge in [-0.25, -0.2) is 4.98 Å². The van der Waals surface area contributed by atoms with Crippen LogP contribution < -0.4 is 0 Å². The van der Waals surface area contributed by atoms with Gasteiger partial charge in [0.25, 0.3) is 5.22 Å². The average Bonchev–Trinajstić information content (AvgIpc) is 3.17. The summed E-state index contributed by atoms with van der Waals surface area (Å²) in [6.07, 6.45) is 1.77. The number of para-hydroxylation sites is 3. The van der Waals surface area contributed by atoms with Crippen LogP contribution in [-0.2, 0) is 0 Å². The lowest BCUT2D eigenvalue weighted by Crippen LogP contribution is -2.12. The minimum Gasteiger partial charge on any atom is -0.431 e. The zero-order valence-electron chi connectivity index (χ0n) is 12.4. The van der Waals surface area contributed by atoms with Crippen molar-refractivity contribution in [2.75, 3.05) is 0 Å². The highest BCUT2D eigenvalue weighted by Gasteiger charge is 2.21. The first-order valence-electron chi connectivity index (χ1n) is 7.35. The van der Waals surface area contributed by atoms with E-state index in [4.69, 9.17) is 4.42 Å². The van der Waals surface area contributed by atoms with Crippen LogP contribution in [0.15, 0.2) is 64.4 Å². The fraction of sp³-hybridized carbons (Fsp3) is 0.111. The average molecular weight is 322 g/mol. The normalized spacial score (nSPS) is 12.7. The minimum absolute atomic E-state index is 0.0645. The van der Waals surface area contributed by atoms with Crippen LogP contribution >= 0.6 is 11.8 Å². The predicted molar refractivity (Wildman–Crippen MR) is 92.0 cm³/mol. The summed E-state index contributed by atoms with van der Waals surface area (Å²) >= 11 is 1.34. The van der Waals surface area contributed by atoms with Crippen LogP contribution in [0.3, 0.4) is 0 Å². The van der Waals surface area contributed by atoms with Crippen molar-refractivity contribution in [1.82, 2.24) is 9.97 Å². The SMILES string of the molecule is CC(Sc1nc2ccccc2o1)C(=O)c1c[nH]c2ccccc12. The van der Waals surface area contributed by atoms with Crippen LogP contribution in [0.5, 0.6) is 0 Å². The molecule has 0 aliphatic heterocycles. The van der Waals surface area contributed by atoms with E-state index in [-0.39, 0.29) is 11.0 Å². The third kappa shape index (κ3) is 2.53. The van der Waals surface area contributed by atoms with E-state index in [1.165, 1.54) is 11.8 Å². The molecule has 0 radical (unpaired) electrons. The maximum Gasteiger partial charge on any atom is 0.257 e. The number of fused-ring (bicyclic) bond motifs is 2. The molecule has 0 fully saturated rings. The second kappa shape index (κ2) is 5.59. The Hall–Kier alpha value is -2.53. The fourth-order valence-corrected chi connectivity index (χ4v) is 3.43. The molecule has 0 saturated heterocycles. The number of nitrogens with zero attached hydrogens (tertiary/aromatic N) is 1. The van der Waals surface area contributed by atoms with Gasteiger partial charge < -0.3 is 9.40 Å². The standard InChI is InChI=1S/C18H14N2O2S/c1-11(23-18-20-15-8-4-5-9-16(15)22-18)17(21)13-10-19-14-7-3-2-6-12(13)14/h2-11,19H,1H3. The Labute approximate surface area is 136 Å². The number of aromatic amines is 1. The Bertz CT molecular complexity index is 969. The maximum atomic E-state index is 12.7. The van der Waals surface area contributed by atoms with Gasteiger partial charge in [-0.2, -0.15) is 0 Å². The molecule has 2 heterocycles. The van der Waals surface area contributed by atoms with Crippen molar-refractivity contribution in [3.05, 3.63) is 60.3 Å². The van der Waals surface area contributed by atoms with Crippen molar-refractivity contribution < 1.29 is 9.21 Å². The molecule has 114 valence electrons. The molecule has 2 aromatic heterocycles. The second-order valence-corrected chi connectivity index (χ2v) is 6.61. The van der Waals surface area contributed by atoms with Gasteiger partial charge in [0, 0.05) is 22.7 Å². The number of Topliss-reactive ketones (excluding diaryl/α,β-unsaturated/α-hetero) is 1. The molecule has 1 atom stereocenters. The molecule has 2 aromatic carbocycles. The van der Waals surface area contributed by atoms with Crippen LogP contribution in [0, 0.1) is 0 Å². The van der Waals surface area contributed by atoms with Gasteiger partial charge in [0.1, 0.15) is 5.52 Å². The molecule has 5 heteroatoms. The van der Waals surface area contributed by atoms with Crippen LogP contribution in [0.4, 0.5) is 0 Å². The van der Waals surface area contributed by atoms with Crippen molar-refractivity contribution in [3.8, 4) is 0 Å². The van der Waals surface area contributed by atoms with Crippen molar-refractivity contribution in [2.45, 2.75) is 17.4 Å². The van der Waals surface area contributed by atoms with Gasteiger partial charge in [0.15, 0.2) is 11.4 Å². The summed E-state index contributed by atoms with van der Waals surface area (Å²) < 4.78 is 5.69. The van der Waals surface area contributed by atoms with Crippen molar-refractivity contribution >= 4 is 39.5 Å². The van der Waals surface area contributed by atoms with Gasteiger partial charge in [-0.05, 0) is 25.1 Å². The van der Waals surface area contributed by atoms with Gasteiger partial charge in [0.05, 0.1) is 5.25 Å². The number of hydrogen-bond acceptors (Lipinski definition) is 4. The fourth-order valence-electron chi connectivity index (χ4n) is 2.60. The summed E-state index contributed by atoms with van der Waals surface area (Å²) in [6, 6.07) is 15.4. The van der Waals surface area contributed by atoms with Gasteiger partial charge in [-0.15, -0.1) is 0 Å². The van der Waals surface area contributed by atoms with Crippen LogP contribution in [0.25, 0.3) is 22.0 Å². The van der Waals surface area contributed by atoms with E-state index in [1.54, 1.807) is 6.20 Å². The highest BCUT2D eigenvalue weighted by Crippen LogP contribution is 2.29. The summed E-state index contributed by atoms with van der Waals surface area (Å²) in [4.78, 5) is 20.3. The number of ketones is 1. The maximum absolute atomic E-state index is 12.7. The van der Waals surface area contributed by atoms with Gasteiger partial charge >= 0.3 is 0 Å². The summed E-state index contributed by atoms with van der Waals surface area (Å²) in [5.41, 5.74) is 3.22. The number of oxazole rings is 1. The quantitative estimate of drug-likeness (QED) is 0.438. The number of carbonyl (C=O) groups excluding carboxylic acids is 1. The molecule has 0 aliphatic rings. The topological polar surface area (TPSA) is 58.9 Å². The first-order valence-corrected chi connectivity index (χ1v) is 8.23. The Morgan fingerprint density at radius 1 is 1.17 bits per heavy atom. The lowest BCUT2D eigenvalue weighted by molar-refractivity contribution is 0.0995. The minimum atomic E-state index is -0.276. The van der Waals surface area contributed by atoms with E-state index in [0.29, 0.717) is 10.8 Å². The molecule has 0 saturated carbocycles. The summed E-state index contributed by atoms with van der Waals surface area (Å²) in [5.74, 6) is 0.0645. The number of rotatable bonds is 4. The molecule has 1 N–H and O–H groups in total. The molecule has 23 heavy (non-hydrogen) atoms. The van der Waals surface area contributed by atoms with Gasteiger partial charge in [-0.3, -0.25) is 4.79 Å². The molecule has 0 aliphatic carbocycles. The zero-order chi connectivity index (χ0) is 15.8. The van der Waals surface area contributed by atoms with Gasteiger partial charge in [-0.1, -0.05) is 42.1 Å². The molecular formula is C18H14N2O2S. The summed E-state index contributed by atoms with van der Waals surface area (Å²) in [6.45, 7) is 1.88. The molecule has 4 aromatic rings. The first-order chi connectivity index (χ1) is 11.2. The number of aromatic nitrogens is 2. The van der Waals surface area contributed by atoms with Crippen molar-refractivity contribution in [2.24, 2.45) is 0 Å². The first kappa shape index (κ1) is 14.1. The van der Waals surface area contributed by atoms with E-state index < -0.39 is 0 Å². The molecule has 0 bridgehead atoms. The number of H-pyrrole nitrogens is 1. The van der Waals surface area contributed by atoms with Crippen molar-refractivity contribution in [3.63, 3.8) is 0 Å². The molecule has 0 amide bonds. The van der Waals surface area contributed by atoms with E-state index in [1.807, 2.05) is 55.5 Å². The molecule has 0 spiro atoms. The summed E-state index contributed by atoms with van der Waals surface area (Å²) in [5, 5.41) is 1.19. The van der Waals surface area contributed by atoms with Crippen molar-refractivity contribution in [1.29, 1.82) is 0 Å². The van der Waals surface area contributed by atoms with E-state index in [2.05, 4.69) is 9.97 Å². The van der Waals surface area contributed by atoms with E-state index in [0.717, 1.165) is 22.0 Å². The largest absolute Gasteiger partial charge is 0.431 e. The number of benzene rings is 2. The van der Waals surface area contributed by atoms with E-state index >= 15 is 0 Å². The molecular weight excluding hydrogens is 308 g/mol. The number of carbonyl (C=O) groups is 1. The third-order valence-electron chi connectivity index (χ3n) is 3.78. The highest BCUT2D eigenvalue weighted by molar-refractivity contribution is 8.00. The van der Waals surface area contributed by atoms with Gasteiger partial charge in [0.2, 0.25) is 0 Å². The third-order valence-corrected chi connectivity index (χ3v) is 4.72. The lowest BCUT2D eigenvalue weighted by atomic mass is 10.1. The second-order valence-electron chi connectivity index (χ2n) is 5.32. The van der Waals surface area contributed by atoms with Crippen LogP contribution in [0.2, 0.25) is 0 Å². The zero-order valence-corrected chi connectivity index (χ0v) is 13.3. The molecule has 4 rings (SSSR count). The Morgan fingerprint density at radius 2 is 1.96 bits per heavy atom. The van der Waals surface area contributed by atoms with E-state index in [9.17, 15) is 4.79 Å². The summed E-state index contributed by atoms with van der Waals surface area (Å²) in [7, 11) is 0. The molecule has 1 unspecified atom stereocenters. The monoisotopic (exact) mass is 322 g/mol. The predicted octanol–water partition coefficient (Wildman–Crippen LogP) is 4.67. The number of hydrogen-bond donors (Lipinski definition) is 1. The van der Waals surface area contributed by atoms with Crippen LogP contribution in [-0.4, -0.2) is 21.0 Å². The number of thioether (sulfide) groups is 1. The Kier molecular flexibility index (Phi) is 3.42. The smallest absolute Gasteiger partial charge is 0.257 e. The highest BCUT2D eigenvalue weighted by atomic mass is 32.2. The Balaban J connectivity index is 1.60. The number of nitrogens with one attached hydrogen (secondary N) is 1.